The highest BCUT2D eigenvalue weighted by Crippen LogP contribution is 2.32. The second-order valence-electron chi connectivity index (χ2n) is 7.18. The maximum Gasteiger partial charge on any atom is 0.244 e. The smallest absolute Gasteiger partial charge is 0.244 e. The molecule has 0 spiro atoms. The van der Waals surface area contributed by atoms with Crippen LogP contribution in [0.25, 0.3) is 0 Å². The summed E-state index contributed by atoms with van der Waals surface area (Å²) in [4.78, 5) is 13.0. The zero-order valence-corrected chi connectivity index (χ0v) is 17.9. The van der Waals surface area contributed by atoms with Crippen molar-refractivity contribution in [1.29, 1.82) is 0 Å². The van der Waals surface area contributed by atoms with E-state index in [0.717, 1.165) is 22.9 Å². The van der Waals surface area contributed by atoms with Crippen molar-refractivity contribution < 1.29 is 22.7 Å². The molecule has 0 saturated carbocycles. The van der Waals surface area contributed by atoms with E-state index in [1.807, 2.05) is 38.1 Å². The van der Waals surface area contributed by atoms with Gasteiger partial charge < -0.3 is 14.8 Å². The van der Waals surface area contributed by atoms with E-state index in [-0.39, 0.29) is 19.2 Å². The van der Waals surface area contributed by atoms with Crippen molar-refractivity contribution in [2.45, 2.75) is 39.8 Å². The van der Waals surface area contributed by atoms with Crippen LogP contribution in [0.3, 0.4) is 0 Å². The second kappa shape index (κ2) is 8.32. The molecule has 1 heterocycles. The third-order valence-corrected chi connectivity index (χ3v) is 6.00. The van der Waals surface area contributed by atoms with Crippen LogP contribution in [0.5, 0.6) is 11.5 Å². The van der Waals surface area contributed by atoms with Crippen LogP contribution < -0.4 is 19.1 Å². The fourth-order valence-electron chi connectivity index (χ4n) is 3.35. The predicted octanol–water partition coefficient (Wildman–Crippen LogP) is 2.89. The molecule has 1 aliphatic heterocycles. The molecule has 3 rings (SSSR count). The van der Waals surface area contributed by atoms with Gasteiger partial charge in [-0.15, -0.1) is 0 Å². The van der Waals surface area contributed by atoms with Crippen LogP contribution in [0.4, 0.5) is 5.69 Å². The topological polar surface area (TPSA) is 84.9 Å². The van der Waals surface area contributed by atoms with Crippen molar-refractivity contribution in [3.63, 3.8) is 0 Å². The summed E-state index contributed by atoms with van der Waals surface area (Å²) in [6, 6.07) is 10.2. The van der Waals surface area contributed by atoms with Crippen LogP contribution in [0.15, 0.2) is 36.4 Å². The van der Waals surface area contributed by atoms with Crippen molar-refractivity contribution in [3.05, 3.63) is 53.1 Å². The fourth-order valence-corrected chi connectivity index (χ4v) is 4.61. The second-order valence-corrected chi connectivity index (χ2v) is 9.04. The lowest BCUT2D eigenvalue weighted by Gasteiger charge is -2.31. The van der Waals surface area contributed by atoms with Crippen molar-refractivity contribution in [1.82, 2.24) is 5.32 Å². The van der Waals surface area contributed by atoms with Crippen LogP contribution in [0.1, 0.15) is 30.0 Å². The number of sulfonamides is 1. The van der Waals surface area contributed by atoms with Crippen LogP contribution >= 0.6 is 0 Å². The summed E-state index contributed by atoms with van der Waals surface area (Å²) in [5.74, 6) is 0.957. The number of hydrogen-bond donors (Lipinski definition) is 1. The van der Waals surface area contributed by atoms with Gasteiger partial charge >= 0.3 is 0 Å². The molecule has 1 aliphatic rings. The van der Waals surface area contributed by atoms with E-state index in [0.29, 0.717) is 23.6 Å². The van der Waals surface area contributed by atoms with Crippen LogP contribution in [0.2, 0.25) is 0 Å². The molecule has 1 N–H and O–H groups in total. The quantitative estimate of drug-likeness (QED) is 0.747. The number of rotatable bonds is 7. The van der Waals surface area contributed by atoms with Gasteiger partial charge in [0, 0.05) is 6.54 Å². The molecular weight excluding hydrogens is 392 g/mol. The molecule has 0 saturated heterocycles. The van der Waals surface area contributed by atoms with Gasteiger partial charge in [0.05, 0.1) is 11.9 Å². The maximum atomic E-state index is 13.0. The lowest BCUT2D eigenvalue weighted by molar-refractivity contribution is -0.122. The number of carbonyl (C=O) groups excluding carboxylic acids is 1. The van der Waals surface area contributed by atoms with Crippen LogP contribution in [0, 0.1) is 13.8 Å². The number of hydrogen-bond acceptors (Lipinski definition) is 5. The molecule has 29 heavy (non-hydrogen) atoms. The predicted molar refractivity (Wildman–Crippen MR) is 112 cm³/mol. The molecule has 0 aromatic heterocycles. The molecule has 0 unspecified atom stereocenters. The molecule has 2 aromatic rings. The Bertz CT molecular complexity index is 1020. The summed E-state index contributed by atoms with van der Waals surface area (Å²) >= 11 is 0. The van der Waals surface area contributed by atoms with E-state index < -0.39 is 16.1 Å². The number of benzene rings is 2. The molecule has 156 valence electrons. The lowest BCUT2D eigenvalue weighted by atomic mass is 10.1. The number of nitrogens with one attached hydrogen (secondary N) is 1. The Morgan fingerprint density at radius 1 is 1.14 bits per heavy atom. The summed E-state index contributed by atoms with van der Waals surface area (Å²) in [5.41, 5.74) is 3.09. The monoisotopic (exact) mass is 418 g/mol. The summed E-state index contributed by atoms with van der Waals surface area (Å²) in [5, 5.41) is 2.86. The van der Waals surface area contributed by atoms with E-state index in [1.54, 1.807) is 19.1 Å². The highest BCUT2D eigenvalue weighted by Gasteiger charge is 2.32. The molecule has 0 aliphatic carbocycles. The van der Waals surface area contributed by atoms with Crippen molar-refractivity contribution >= 4 is 21.6 Å². The van der Waals surface area contributed by atoms with Gasteiger partial charge in [0.15, 0.2) is 11.5 Å². The first-order valence-electron chi connectivity index (χ1n) is 9.43. The average Bonchev–Trinajstić information content (AvgIpc) is 3.13. The zero-order valence-electron chi connectivity index (χ0n) is 17.1. The molecule has 2 aromatic carbocycles. The van der Waals surface area contributed by atoms with Crippen molar-refractivity contribution in [2.75, 3.05) is 17.4 Å². The van der Waals surface area contributed by atoms with Gasteiger partial charge in [-0.1, -0.05) is 25.1 Å². The van der Waals surface area contributed by atoms with Gasteiger partial charge in [0.1, 0.15) is 6.04 Å². The number of amides is 1. The lowest BCUT2D eigenvalue weighted by Crippen LogP contribution is -2.49. The molecule has 7 nitrogen and oxygen atoms in total. The SMILES string of the molecule is CC[C@@H](C(=O)NCc1ccc2c(c1)OCO2)N(c1cc(C)ccc1C)S(C)(=O)=O. The van der Waals surface area contributed by atoms with E-state index in [1.165, 1.54) is 4.31 Å². The third-order valence-electron chi connectivity index (χ3n) is 4.84. The van der Waals surface area contributed by atoms with Gasteiger partial charge in [0.25, 0.3) is 0 Å². The molecule has 1 atom stereocenters. The molecule has 0 radical (unpaired) electrons. The van der Waals surface area contributed by atoms with Crippen molar-refractivity contribution in [2.24, 2.45) is 0 Å². The first-order chi connectivity index (χ1) is 13.7. The standard InChI is InChI=1S/C21H26N2O5S/c1-5-17(23(29(4,25)26)18-10-14(2)6-7-15(18)3)21(24)22-12-16-8-9-19-20(11-16)28-13-27-19/h6-11,17H,5,12-13H2,1-4H3,(H,22,24)/t17-/m0/s1. The Morgan fingerprint density at radius 2 is 1.86 bits per heavy atom. The third kappa shape index (κ3) is 4.64. The van der Waals surface area contributed by atoms with E-state index in [2.05, 4.69) is 5.32 Å². The van der Waals surface area contributed by atoms with Crippen LogP contribution in [-0.4, -0.2) is 33.4 Å². The van der Waals surface area contributed by atoms with Crippen molar-refractivity contribution in [3.8, 4) is 11.5 Å². The normalized spacial score (nSPS) is 13.8. The summed E-state index contributed by atoms with van der Waals surface area (Å²) in [6.07, 6.45) is 1.47. The van der Waals surface area contributed by atoms with E-state index >= 15 is 0 Å². The molecule has 0 fully saturated rings. The van der Waals surface area contributed by atoms with Gasteiger partial charge in [-0.2, -0.15) is 0 Å². The minimum absolute atomic E-state index is 0.183. The molecular formula is C21H26N2O5S. The minimum Gasteiger partial charge on any atom is -0.454 e. The molecule has 8 heteroatoms. The van der Waals surface area contributed by atoms with Gasteiger partial charge in [-0.3, -0.25) is 9.10 Å². The Kier molecular flexibility index (Phi) is 6.02. The summed E-state index contributed by atoms with van der Waals surface area (Å²) in [6.45, 7) is 5.97. The molecule has 0 bridgehead atoms. The number of carbonyl (C=O) groups is 1. The Morgan fingerprint density at radius 3 is 2.55 bits per heavy atom. The van der Waals surface area contributed by atoms with Gasteiger partial charge in [0.2, 0.25) is 22.7 Å². The highest BCUT2D eigenvalue weighted by molar-refractivity contribution is 7.92. The Labute approximate surface area is 171 Å². The summed E-state index contributed by atoms with van der Waals surface area (Å²) in [7, 11) is -3.67. The van der Waals surface area contributed by atoms with E-state index in [9.17, 15) is 13.2 Å². The van der Waals surface area contributed by atoms with Gasteiger partial charge in [-0.25, -0.2) is 8.42 Å². The average molecular weight is 419 g/mol. The van der Waals surface area contributed by atoms with Gasteiger partial charge in [-0.05, 0) is 55.2 Å². The van der Waals surface area contributed by atoms with Crippen LogP contribution in [-0.2, 0) is 21.4 Å². The Balaban J connectivity index is 1.83. The summed E-state index contributed by atoms with van der Waals surface area (Å²) < 4.78 is 37.1. The fraction of sp³-hybridized carbons (Fsp3) is 0.381. The number of anilines is 1. The number of aryl methyl sites for hydroxylation is 2. The highest BCUT2D eigenvalue weighted by atomic mass is 32.2. The Hall–Kier alpha value is -2.74. The molecule has 1 amide bonds. The van der Waals surface area contributed by atoms with E-state index in [4.69, 9.17) is 9.47 Å². The first-order valence-corrected chi connectivity index (χ1v) is 11.3. The largest absolute Gasteiger partial charge is 0.454 e. The number of fused-ring (bicyclic) bond motifs is 1. The number of nitrogens with zero attached hydrogens (tertiary/aromatic N) is 1. The first kappa shape index (κ1) is 21.0. The zero-order chi connectivity index (χ0) is 21.2. The minimum atomic E-state index is -3.67. The number of ether oxygens (including phenoxy) is 2. The maximum absolute atomic E-state index is 13.0.